The lowest BCUT2D eigenvalue weighted by molar-refractivity contribution is -0.126. The molecule has 3 heterocycles. The molecular weight excluding hydrogens is 356 g/mol. The molecule has 1 atom stereocenters. The van der Waals surface area contributed by atoms with E-state index in [1.165, 1.54) is 0 Å². The van der Waals surface area contributed by atoms with Gasteiger partial charge in [-0.1, -0.05) is 13.0 Å². The molecule has 28 heavy (non-hydrogen) atoms. The second kappa shape index (κ2) is 9.34. The normalized spacial score (nSPS) is 15.9. The highest BCUT2D eigenvalue weighted by atomic mass is 16.2. The first-order chi connectivity index (χ1) is 13.6. The fraction of sp³-hybridized carbons (Fsp3) is 0.500. The Kier molecular flexibility index (Phi) is 6.62. The summed E-state index contributed by atoms with van der Waals surface area (Å²) in [5.74, 6) is -0.0289. The summed E-state index contributed by atoms with van der Waals surface area (Å²) in [5, 5.41) is 10.2. The number of urea groups is 1. The fourth-order valence-electron chi connectivity index (χ4n) is 3.52. The fourth-order valence-corrected chi connectivity index (χ4v) is 3.52. The van der Waals surface area contributed by atoms with Crippen molar-refractivity contribution in [2.45, 2.75) is 38.8 Å². The molecule has 1 saturated heterocycles. The first-order valence-electron chi connectivity index (χ1n) is 9.79. The molecule has 3 rings (SSSR count). The van der Waals surface area contributed by atoms with Gasteiger partial charge in [-0.05, 0) is 37.5 Å². The summed E-state index contributed by atoms with van der Waals surface area (Å²) < 4.78 is 1.78. The van der Waals surface area contributed by atoms with Crippen LogP contribution < -0.4 is 10.6 Å². The first kappa shape index (κ1) is 19.9. The van der Waals surface area contributed by atoms with Crippen LogP contribution in [0, 0.1) is 5.92 Å². The van der Waals surface area contributed by atoms with Crippen LogP contribution in [0.25, 0.3) is 0 Å². The van der Waals surface area contributed by atoms with Crippen LogP contribution in [0.15, 0.2) is 36.7 Å². The van der Waals surface area contributed by atoms with E-state index in [2.05, 4.69) is 20.7 Å². The molecule has 8 heteroatoms. The third-order valence-corrected chi connectivity index (χ3v) is 5.24. The predicted octanol–water partition coefficient (Wildman–Crippen LogP) is 2.00. The Morgan fingerprint density at radius 2 is 2.00 bits per heavy atom. The van der Waals surface area contributed by atoms with Crippen molar-refractivity contribution >= 4 is 11.9 Å². The molecule has 8 nitrogen and oxygen atoms in total. The number of nitrogens with one attached hydrogen (secondary N) is 2. The van der Waals surface area contributed by atoms with Crippen molar-refractivity contribution < 1.29 is 9.59 Å². The maximum Gasteiger partial charge on any atom is 0.317 e. The molecule has 0 unspecified atom stereocenters. The SMILES string of the molecule is CC[C@@H](NC(=O)N1CCC(C(=O)NCc2ccccn2)CC1)c1ccnn1C. The highest BCUT2D eigenvalue weighted by molar-refractivity contribution is 5.79. The minimum Gasteiger partial charge on any atom is -0.350 e. The second-order valence-corrected chi connectivity index (χ2v) is 7.09. The highest BCUT2D eigenvalue weighted by Gasteiger charge is 2.28. The summed E-state index contributed by atoms with van der Waals surface area (Å²) in [5.41, 5.74) is 1.83. The van der Waals surface area contributed by atoms with Gasteiger partial charge in [-0.25, -0.2) is 4.79 Å². The van der Waals surface area contributed by atoms with Crippen LogP contribution in [0.3, 0.4) is 0 Å². The average Bonchev–Trinajstić information content (AvgIpc) is 3.16. The Balaban J connectivity index is 1.45. The first-order valence-corrected chi connectivity index (χ1v) is 9.79. The lowest BCUT2D eigenvalue weighted by Gasteiger charge is -2.32. The van der Waals surface area contributed by atoms with E-state index in [4.69, 9.17) is 0 Å². The van der Waals surface area contributed by atoms with Crippen molar-refractivity contribution in [1.82, 2.24) is 30.3 Å². The molecule has 0 radical (unpaired) electrons. The zero-order chi connectivity index (χ0) is 19.9. The van der Waals surface area contributed by atoms with Crippen LogP contribution in [0.1, 0.15) is 43.6 Å². The minimum absolute atomic E-state index is 0.0343. The number of hydrogen-bond acceptors (Lipinski definition) is 4. The standard InChI is InChI=1S/C20H28N6O2/c1-3-17(18-7-11-23-25(18)2)24-20(28)26-12-8-15(9-13-26)19(27)22-14-16-6-4-5-10-21-16/h4-7,10-11,15,17H,3,8-9,12-14H2,1-2H3,(H,22,27)(H,24,28)/t17-/m1/s1. The maximum absolute atomic E-state index is 12.6. The van der Waals surface area contributed by atoms with E-state index in [1.54, 1.807) is 22.0 Å². The van der Waals surface area contributed by atoms with Crippen LogP contribution >= 0.6 is 0 Å². The van der Waals surface area contributed by atoms with E-state index in [9.17, 15) is 9.59 Å². The number of nitrogens with zero attached hydrogens (tertiary/aromatic N) is 4. The summed E-state index contributed by atoms with van der Waals surface area (Å²) >= 11 is 0. The molecule has 2 aromatic rings. The summed E-state index contributed by atoms with van der Waals surface area (Å²) in [7, 11) is 1.87. The number of hydrogen-bond donors (Lipinski definition) is 2. The van der Waals surface area contributed by atoms with Crippen LogP contribution in [0.4, 0.5) is 4.79 Å². The van der Waals surface area contributed by atoms with Crippen molar-refractivity contribution in [2.24, 2.45) is 13.0 Å². The smallest absolute Gasteiger partial charge is 0.317 e. The van der Waals surface area contributed by atoms with Crippen molar-refractivity contribution in [3.05, 3.63) is 48.0 Å². The second-order valence-electron chi connectivity index (χ2n) is 7.09. The summed E-state index contributed by atoms with van der Waals surface area (Å²) in [6, 6.07) is 7.41. The number of carbonyl (C=O) groups is 2. The van der Waals surface area contributed by atoms with Gasteiger partial charge in [0.25, 0.3) is 0 Å². The summed E-state index contributed by atoms with van der Waals surface area (Å²) in [6.45, 7) is 3.63. The van der Waals surface area contributed by atoms with Gasteiger partial charge in [0, 0.05) is 38.4 Å². The molecule has 1 aliphatic heterocycles. The average molecular weight is 384 g/mol. The quantitative estimate of drug-likeness (QED) is 0.797. The predicted molar refractivity (Wildman–Crippen MR) is 105 cm³/mol. The largest absolute Gasteiger partial charge is 0.350 e. The summed E-state index contributed by atoms with van der Waals surface area (Å²) in [4.78, 5) is 31.0. The van der Waals surface area contributed by atoms with Crippen molar-refractivity contribution in [3.8, 4) is 0 Å². The molecule has 2 N–H and O–H groups in total. The van der Waals surface area contributed by atoms with Gasteiger partial charge in [-0.3, -0.25) is 14.5 Å². The Morgan fingerprint density at radius 1 is 1.21 bits per heavy atom. The molecule has 2 aromatic heterocycles. The topological polar surface area (TPSA) is 92.2 Å². The molecular formula is C20H28N6O2. The number of pyridine rings is 1. The number of rotatable bonds is 6. The molecule has 150 valence electrons. The van der Waals surface area contributed by atoms with Gasteiger partial charge in [-0.2, -0.15) is 5.10 Å². The molecule has 0 saturated carbocycles. The molecule has 3 amide bonds. The number of carbonyl (C=O) groups excluding carboxylic acids is 2. The third-order valence-electron chi connectivity index (χ3n) is 5.24. The molecule has 0 spiro atoms. The van der Waals surface area contributed by atoms with Crippen molar-refractivity contribution in [2.75, 3.05) is 13.1 Å². The van der Waals surface area contributed by atoms with E-state index in [0.717, 1.165) is 17.8 Å². The van der Waals surface area contributed by atoms with Gasteiger partial charge in [-0.15, -0.1) is 0 Å². The van der Waals surface area contributed by atoms with Gasteiger partial charge in [0.15, 0.2) is 0 Å². The van der Waals surface area contributed by atoms with Gasteiger partial charge < -0.3 is 15.5 Å². The van der Waals surface area contributed by atoms with Gasteiger partial charge >= 0.3 is 6.03 Å². The Morgan fingerprint density at radius 3 is 2.61 bits per heavy atom. The van der Waals surface area contributed by atoms with E-state index in [0.29, 0.717) is 32.5 Å². The number of piperidine rings is 1. The molecule has 0 aliphatic carbocycles. The van der Waals surface area contributed by atoms with Gasteiger partial charge in [0.1, 0.15) is 0 Å². The molecule has 1 fully saturated rings. The molecule has 0 bridgehead atoms. The maximum atomic E-state index is 12.6. The summed E-state index contributed by atoms with van der Waals surface area (Å²) in [6.07, 6.45) is 5.58. The monoisotopic (exact) mass is 384 g/mol. The molecule has 1 aliphatic rings. The Bertz CT molecular complexity index is 783. The zero-order valence-electron chi connectivity index (χ0n) is 16.5. The highest BCUT2D eigenvalue weighted by Crippen LogP contribution is 2.20. The lowest BCUT2D eigenvalue weighted by Crippen LogP contribution is -2.47. The van der Waals surface area contributed by atoms with Crippen molar-refractivity contribution in [3.63, 3.8) is 0 Å². The third kappa shape index (κ3) is 4.88. The number of likely N-dealkylation sites (tertiary alicyclic amines) is 1. The van der Waals surface area contributed by atoms with Crippen LogP contribution in [0.2, 0.25) is 0 Å². The number of amides is 3. The zero-order valence-corrected chi connectivity index (χ0v) is 16.5. The number of aromatic nitrogens is 3. The van der Waals surface area contributed by atoms with E-state index < -0.39 is 0 Å². The Labute approximate surface area is 165 Å². The van der Waals surface area contributed by atoms with Crippen LogP contribution in [-0.2, 0) is 18.4 Å². The Hall–Kier alpha value is -2.90. The van der Waals surface area contributed by atoms with Crippen molar-refractivity contribution in [1.29, 1.82) is 0 Å². The van der Waals surface area contributed by atoms with Crippen LogP contribution in [0.5, 0.6) is 0 Å². The molecule has 0 aromatic carbocycles. The van der Waals surface area contributed by atoms with Crippen LogP contribution in [-0.4, -0.2) is 44.7 Å². The lowest BCUT2D eigenvalue weighted by atomic mass is 9.96. The minimum atomic E-state index is -0.0830. The van der Waals surface area contributed by atoms with E-state index in [-0.39, 0.29) is 23.9 Å². The number of aryl methyl sites for hydroxylation is 1. The van der Waals surface area contributed by atoms with E-state index >= 15 is 0 Å². The van der Waals surface area contributed by atoms with Gasteiger partial charge in [0.2, 0.25) is 5.91 Å². The van der Waals surface area contributed by atoms with Gasteiger partial charge in [0.05, 0.1) is 24.0 Å². The van der Waals surface area contributed by atoms with E-state index in [1.807, 2.05) is 38.2 Å².